The molecule has 0 saturated carbocycles. The van der Waals surface area contributed by atoms with Crippen LogP contribution < -0.4 is 15.4 Å². The van der Waals surface area contributed by atoms with E-state index < -0.39 is 17.4 Å². The summed E-state index contributed by atoms with van der Waals surface area (Å²) in [6.07, 6.45) is 0.436. The largest absolute Gasteiger partial charge is 0.497 e. The second-order valence-corrected chi connectivity index (χ2v) is 4.76. The molecule has 110 valence electrons. The number of carboxylic acid groups (broad SMARTS) is 1. The van der Waals surface area contributed by atoms with E-state index in [1.807, 2.05) is 0 Å². The number of amides is 2. The molecule has 0 bridgehead atoms. The molecular weight excluding hydrogens is 260 g/mol. The van der Waals surface area contributed by atoms with Crippen LogP contribution in [0, 0.1) is 5.41 Å². The summed E-state index contributed by atoms with van der Waals surface area (Å²) in [5.41, 5.74) is -0.353. The molecule has 0 radical (unpaired) electrons. The molecule has 1 atom stereocenters. The molecule has 0 aliphatic carbocycles. The molecule has 0 saturated heterocycles. The molecular formula is C14H20N2O4. The predicted molar refractivity (Wildman–Crippen MR) is 76.0 cm³/mol. The highest BCUT2D eigenvalue weighted by Crippen LogP contribution is 2.20. The van der Waals surface area contributed by atoms with Crippen molar-refractivity contribution in [1.82, 2.24) is 5.32 Å². The van der Waals surface area contributed by atoms with Crippen LogP contribution in [0.25, 0.3) is 0 Å². The Hall–Kier alpha value is -2.24. The van der Waals surface area contributed by atoms with Crippen LogP contribution in [0.1, 0.15) is 20.3 Å². The van der Waals surface area contributed by atoms with E-state index in [1.165, 1.54) is 0 Å². The van der Waals surface area contributed by atoms with Crippen LogP contribution in [-0.4, -0.2) is 30.8 Å². The van der Waals surface area contributed by atoms with E-state index in [2.05, 4.69) is 10.6 Å². The van der Waals surface area contributed by atoms with Crippen LogP contribution in [0.2, 0.25) is 0 Å². The summed E-state index contributed by atoms with van der Waals surface area (Å²) in [7, 11) is 1.56. The molecule has 1 rings (SSSR count). The fourth-order valence-electron chi connectivity index (χ4n) is 1.48. The van der Waals surface area contributed by atoms with Crippen molar-refractivity contribution < 1.29 is 19.4 Å². The van der Waals surface area contributed by atoms with E-state index in [4.69, 9.17) is 9.84 Å². The highest BCUT2D eigenvalue weighted by Gasteiger charge is 2.31. The highest BCUT2D eigenvalue weighted by molar-refractivity contribution is 5.89. The van der Waals surface area contributed by atoms with E-state index in [9.17, 15) is 9.59 Å². The van der Waals surface area contributed by atoms with Crippen LogP contribution in [0.5, 0.6) is 5.75 Å². The second-order valence-electron chi connectivity index (χ2n) is 4.76. The Morgan fingerprint density at radius 1 is 1.30 bits per heavy atom. The maximum Gasteiger partial charge on any atom is 0.319 e. The van der Waals surface area contributed by atoms with Crippen molar-refractivity contribution in [2.45, 2.75) is 20.3 Å². The van der Waals surface area contributed by atoms with Gasteiger partial charge in [0.05, 0.1) is 12.5 Å². The highest BCUT2D eigenvalue weighted by atomic mass is 16.5. The van der Waals surface area contributed by atoms with Gasteiger partial charge in [-0.1, -0.05) is 6.92 Å². The van der Waals surface area contributed by atoms with Crippen molar-refractivity contribution in [3.8, 4) is 5.75 Å². The summed E-state index contributed by atoms with van der Waals surface area (Å²) in [4.78, 5) is 22.8. The van der Waals surface area contributed by atoms with Gasteiger partial charge in [-0.15, -0.1) is 0 Å². The zero-order valence-corrected chi connectivity index (χ0v) is 11.9. The third-order valence-electron chi connectivity index (χ3n) is 3.28. The summed E-state index contributed by atoms with van der Waals surface area (Å²) >= 11 is 0. The monoisotopic (exact) mass is 280 g/mol. The number of aliphatic carboxylic acids is 1. The molecule has 0 fully saturated rings. The number of methoxy groups -OCH3 is 1. The van der Waals surface area contributed by atoms with Gasteiger partial charge < -0.3 is 20.5 Å². The molecule has 6 nitrogen and oxygen atoms in total. The molecule has 0 spiro atoms. The van der Waals surface area contributed by atoms with Crippen molar-refractivity contribution in [2.75, 3.05) is 19.0 Å². The lowest BCUT2D eigenvalue weighted by atomic mass is 9.88. The van der Waals surface area contributed by atoms with Gasteiger partial charge in [-0.25, -0.2) is 4.79 Å². The summed E-state index contributed by atoms with van der Waals surface area (Å²) in [6, 6.07) is 6.42. The number of urea groups is 1. The lowest BCUT2D eigenvalue weighted by molar-refractivity contribution is -0.147. The number of carbonyl (C=O) groups excluding carboxylic acids is 1. The topological polar surface area (TPSA) is 87.7 Å². The maximum atomic E-state index is 11.7. The Kier molecular flexibility index (Phi) is 5.37. The molecule has 0 aliphatic rings. The van der Waals surface area contributed by atoms with Crippen molar-refractivity contribution in [1.29, 1.82) is 0 Å². The summed E-state index contributed by atoms with van der Waals surface area (Å²) in [5.74, 6) is -0.231. The second kappa shape index (κ2) is 6.79. The van der Waals surface area contributed by atoms with Crippen molar-refractivity contribution in [2.24, 2.45) is 5.41 Å². The van der Waals surface area contributed by atoms with Gasteiger partial charge in [0.1, 0.15) is 5.75 Å². The lowest BCUT2D eigenvalue weighted by Crippen LogP contribution is -2.42. The normalized spacial score (nSPS) is 13.2. The van der Waals surface area contributed by atoms with Gasteiger partial charge >= 0.3 is 12.0 Å². The molecule has 1 aromatic carbocycles. The first-order chi connectivity index (χ1) is 9.41. The number of carboxylic acids is 1. The molecule has 0 aliphatic heterocycles. The van der Waals surface area contributed by atoms with Crippen molar-refractivity contribution >= 4 is 17.7 Å². The lowest BCUT2D eigenvalue weighted by Gasteiger charge is -2.23. The molecule has 1 aromatic rings. The summed E-state index contributed by atoms with van der Waals surface area (Å²) in [6.45, 7) is 3.45. The Bertz CT molecular complexity index is 473. The number of hydrogen-bond donors (Lipinski definition) is 3. The fourth-order valence-corrected chi connectivity index (χ4v) is 1.48. The van der Waals surface area contributed by atoms with Crippen LogP contribution >= 0.6 is 0 Å². The van der Waals surface area contributed by atoms with E-state index in [0.717, 1.165) is 0 Å². The van der Waals surface area contributed by atoms with Gasteiger partial charge in [-0.2, -0.15) is 0 Å². The quantitative estimate of drug-likeness (QED) is 0.746. The third kappa shape index (κ3) is 4.15. The number of ether oxygens (including phenoxy) is 1. The molecule has 6 heteroatoms. The van der Waals surface area contributed by atoms with E-state index in [1.54, 1.807) is 45.2 Å². The first-order valence-corrected chi connectivity index (χ1v) is 6.33. The number of rotatable bonds is 6. The standard InChI is InChI=1S/C14H20N2O4/c1-4-14(2,12(17)18)9-15-13(19)16-10-5-7-11(20-3)8-6-10/h5-8H,4,9H2,1-3H3,(H,17,18)(H2,15,16,19). The smallest absolute Gasteiger partial charge is 0.319 e. The van der Waals surface area contributed by atoms with Gasteiger partial charge in [0.15, 0.2) is 0 Å². The average molecular weight is 280 g/mol. The number of nitrogens with one attached hydrogen (secondary N) is 2. The minimum absolute atomic E-state index is 0.0703. The van der Waals surface area contributed by atoms with E-state index >= 15 is 0 Å². The van der Waals surface area contributed by atoms with E-state index in [0.29, 0.717) is 17.9 Å². The third-order valence-corrected chi connectivity index (χ3v) is 3.28. The van der Waals surface area contributed by atoms with Crippen molar-refractivity contribution in [3.63, 3.8) is 0 Å². The Morgan fingerprint density at radius 2 is 1.90 bits per heavy atom. The molecule has 0 aromatic heterocycles. The number of benzene rings is 1. The maximum absolute atomic E-state index is 11.7. The zero-order chi connectivity index (χ0) is 15.2. The average Bonchev–Trinajstić information content (AvgIpc) is 2.45. The molecule has 0 heterocycles. The summed E-state index contributed by atoms with van der Waals surface area (Å²) in [5, 5.41) is 14.3. The van der Waals surface area contributed by atoms with Crippen molar-refractivity contribution in [3.05, 3.63) is 24.3 Å². The minimum atomic E-state index is -0.961. The number of carbonyl (C=O) groups is 2. The van der Waals surface area contributed by atoms with Gasteiger partial charge in [0, 0.05) is 12.2 Å². The number of hydrogen-bond acceptors (Lipinski definition) is 3. The van der Waals surface area contributed by atoms with Crippen LogP contribution in [0.3, 0.4) is 0 Å². The first-order valence-electron chi connectivity index (χ1n) is 6.33. The molecule has 2 amide bonds. The fraction of sp³-hybridized carbons (Fsp3) is 0.429. The molecule has 1 unspecified atom stereocenters. The van der Waals surface area contributed by atoms with Gasteiger partial charge in [0.25, 0.3) is 0 Å². The van der Waals surface area contributed by atoms with Gasteiger partial charge in [-0.3, -0.25) is 4.79 Å². The Labute approximate surface area is 118 Å². The zero-order valence-electron chi connectivity index (χ0n) is 11.9. The Morgan fingerprint density at radius 3 is 2.35 bits per heavy atom. The molecule has 3 N–H and O–H groups in total. The Balaban J connectivity index is 2.53. The van der Waals surface area contributed by atoms with Crippen LogP contribution in [0.15, 0.2) is 24.3 Å². The van der Waals surface area contributed by atoms with Gasteiger partial charge in [0.2, 0.25) is 0 Å². The first kappa shape index (κ1) is 15.8. The SMILES string of the molecule is CCC(C)(CNC(=O)Nc1ccc(OC)cc1)C(=O)O. The summed E-state index contributed by atoms with van der Waals surface area (Å²) < 4.78 is 5.01. The van der Waals surface area contributed by atoms with E-state index in [-0.39, 0.29) is 6.54 Å². The molecule has 20 heavy (non-hydrogen) atoms. The number of anilines is 1. The predicted octanol–water partition coefficient (Wildman–Crippen LogP) is 2.32. The van der Waals surface area contributed by atoms with Crippen LogP contribution in [-0.2, 0) is 4.79 Å². The minimum Gasteiger partial charge on any atom is -0.497 e. The van der Waals surface area contributed by atoms with Crippen LogP contribution in [0.4, 0.5) is 10.5 Å². The van der Waals surface area contributed by atoms with Gasteiger partial charge in [-0.05, 0) is 37.6 Å².